The first kappa shape index (κ1) is 33.7. The molecule has 0 radical (unpaired) electrons. The number of hydrogen-bond donors (Lipinski definition) is 1. The zero-order valence-electron chi connectivity index (χ0n) is 32.8. The maximum atomic E-state index is 7.01. The first-order valence-corrected chi connectivity index (χ1v) is 20.7. The van der Waals surface area contributed by atoms with Gasteiger partial charge in [0.15, 0.2) is 0 Å². The third-order valence-corrected chi connectivity index (χ3v) is 12.4. The van der Waals surface area contributed by atoms with E-state index in [9.17, 15) is 0 Å². The Bertz CT molecular complexity index is 3640. The second-order valence-corrected chi connectivity index (χ2v) is 15.8. The smallest absolute Gasteiger partial charge is 0.234 e. The van der Waals surface area contributed by atoms with Gasteiger partial charge < -0.3 is 14.6 Å². The van der Waals surface area contributed by atoms with Crippen LogP contribution in [0.2, 0.25) is 0 Å². The monoisotopic (exact) mass is 781 g/mol. The summed E-state index contributed by atoms with van der Waals surface area (Å²) in [6.07, 6.45) is -0.316. The maximum Gasteiger partial charge on any atom is 0.234 e. The highest BCUT2D eigenvalue weighted by molar-refractivity contribution is 6.25. The summed E-state index contributed by atoms with van der Waals surface area (Å²) in [5.41, 5.74) is 12.0. The van der Waals surface area contributed by atoms with E-state index in [2.05, 4.69) is 190 Å². The molecular weight excluding hydrogens is 747 g/mol. The molecule has 2 aromatic heterocycles. The molecule has 0 saturated carbocycles. The quantitative estimate of drug-likeness (QED) is 0.193. The van der Waals surface area contributed by atoms with Crippen LogP contribution < -0.4 is 10.1 Å². The third kappa shape index (κ3) is 5.15. The van der Waals surface area contributed by atoms with Crippen molar-refractivity contribution in [2.45, 2.75) is 6.17 Å². The highest BCUT2D eigenvalue weighted by Gasteiger charge is 2.27. The van der Waals surface area contributed by atoms with Gasteiger partial charge in [-0.15, -0.1) is 0 Å². The summed E-state index contributed by atoms with van der Waals surface area (Å²) in [6.45, 7) is 0. The minimum atomic E-state index is -0.316. The largest absolute Gasteiger partial charge is 0.456 e. The number of ether oxygens (including phenoxy) is 1. The normalized spacial score (nSPS) is 14.5. The van der Waals surface area contributed by atoms with Crippen molar-refractivity contribution in [1.29, 1.82) is 0 Å². The molecule has 6 nitrogen and oxygen atoms in total. The Labute approximate surface area is 351 Å². The van der Waals surface area contributed by atoms with Crippen LogP contribution in [0.5, 0.6) is 11.5 Å². The molecule has 0 fully saturated rings. The molecule has 286 valence electrons. The van der Waals surface area contributed by atoms with Gasteiger partial charge in [-0.25, -0.2) is 4.99 Å². The SMILES string of the molecule is c1ccc(C2=NC(n3c4ccccc4c4ccc(-c5ccc6c(c5)Oc5cc7c(c8cccc-6c58)c5ccccc5n7-c5ccccc5)cc43)=NC(c3ccccc3)N2)cc1. The van der Waals surface area contributed by atoms with E-state index in [0.717, 1.165) is 83.5 Å². The highest BCUT2D eigenvalue weighted by Crippen LogP contribution is 2.51. The van der Waals surface area contributed by atoms with Gasteiger partial charge in [0.1, 0.15) is 23.5 Å². The fourth-order valence-electron chi connectivity index (χ4n) is 9.64. The predicted octanol–water partition coefficient (Wildman–Crippen LogP) is 13.4. The summed E-state index contributed by atoms with van der Waals surface area (Å²) in [7, 11) is 0. The second kappa shape index (κ2) is 13.1. The lowest BCUT2D eigenvalue weighted by atomic mass is 9.91. The molecule has 61 heavy (non-hydrogen) atoms. The average Bonchev–Trinajstić information content (AvgIpc) is 3.84. The number of para-hydroxylation sites is 3. The summed E-state index contributed by atoms with van der Waals surface area (Å²) in [5.74, 6) is 3.12. The van der Waals surface area contributed by atoms with E-state index in [1.54, 1.807) is 0 Å². The Kier molecular flexibility index (Phi) is 7.27. The Hall–Kier alpha value is -8.22. The predicted molar refractivity (Wildman–Crippen MR) is 250 cm³/mol. The van der Waals surface area contributed by atoms with Gasteiger partial charge in [-0.1, -0.05) is 152 Å². The second-order valence-electron chi connectivity index (χ2n) is 15.8. The maximum absolute atomic E-state index is 7.01. The molecule has 2 aliphatic heterocycles. The van der Waals surface area contributed by atoms with Crippen molar-refractivity contribution in [2.75, 3.05) is 0 Å². The Morgan fingerprint density at radius 1 is 0.426 bits per heavy atom. The highest BCUT2D eigenvalue weighted by atomic mass is 16.5. The van der Waals surface area contributed by atoms with Crippen molar-refractivity contribution in [1.82, 2.24) is 14.5 Å². The molecule has 1 unspecified atom stereocenters. The molecule has 13 rings (SSSR count). The van der Waals surface area contributed by atoms with E-state index >= 15 is 0 Å². The fraction of sp³-hybridized carbons (Fsp3) is 0.0182. The van der Waals surface area contributed by atoms with Gasteiger partial charge in [-0.2, -0.15) is 4.99 Å². The van der Waals surface area contributed by atoms with Crippen molar-refractivity contribution in [2.24, 2.45) is 9.98 Å². The van der Waals surface area contributed by atoms with Crippen molar-refractivity contribution in [3.63, 3.8) is 0 Å². The summed E-state index contributed by atoms with van der Waals surface area (Å²) in [6, 6.07) is 70.7. The molecule has 1 N–H and O–H groups in total. The van der Waals surface area contributed by atoms with Crippen LogP contribution in [0, 0.1) is 0 Å². The molecule has 11 aromatic rings. The number of nitrogens with one attached hydrogen (secondary N) is 1. The zero-order valence-corrected chi connectivity index (χ0v) is 32.8. The van der Waals surface area contributed by atoms with Crippen molar-refractivity contribution >= 4 is 66.2 Å². The number of rotatable bonds is 4. The summed E-state index contributed by atoms with van der Waals surface area (Å²) in [4.78, 5) is 10.5. The van der Waals surface area contributed by atoms with Gasteiger partial charge in [-0.05, 0) is 70.1 Å². The molecule has 9 aromatic carbocycles. The molecular formula is C55H35N5O. The topological polar surface area (TPSA) is 55.8 Å². The zero-order chi connectivity index (χ0) is 40.0. The van der Waals surface area contributed by atoms with Gasteiger partial charge in [0.2, 0.25) is 5.96 Å². The van der Waals surface area contributed by atoms with Crippen molar-refractivity contribution in [3.8, 4) is 39.4 Å². The van der Waals surface area contributed by atoms with E-state index in [0.29, 0.717) is 5.96 Å². The van der Waals surface area contributed by atoms with Gasteiger partial charge in [-0.3, -0.25) is 4.57 Å². The number of aliphatic imine (C=N–C) groups is 2. The average molecular weight is 782 g/mol. The molecule has 6 heteroatoms. The van der Waals surface area contributed by atoms with Gasteiger partial charge in [0.05, 0.1) is 22.1 Å². The van der Waals surface area contributed by atoms with Gasteiger partial charge in [0.25, 0.3) is 0 Å². The molecule has 2 aliphatic rings. The van der Waals surface area contributed by atoms with Crippen LogP contribution in [0.1, 0.15) is 17.3 Å². The molecule has 4 heterocycles. The van der Waals surface area contributed by atoms with E-state index < -0.39 is 0 Å². The van der Waals surface area contributed by atoms with Gasteiger partial charge >= 0.3 is 0 Å². The fourth-order valence-corrected chi connectivity index (χ4v) is 9.64. The van der Waals surface area contributed by atoms with Crippen LogP contribution >= 0.6 is 0 Å². The molecule has 0 spiro atoms. The summed E-state index contributed by atoms with van der Waals surface area (Å²) < 4.78 is 11.6. The number of amidine groups is 1. The Balaban J connectivity index is 0.976. The lowest BCUT2D eigenvalue weighted by Crippen LogP contribution is -2.35. The molecule has 0 aliphatic carbocycles. The lowest BCUT2D eigenvalue weighted by molar-refractivity contribution is 0.488. The molecule has 0 saturated heterocycles. The van der Waals surface area contributed by atoms with Crippen LogP contribution in [0.25, 0.3) is 82.3 Å². The van der Waals surface area contributed by atoms with E-state index in [1.165, 1.54) is 27.2 Å². The molecule has 0 bridgehead atoms. The van der Waals surface area contributed by atoms with Crippen LogP contribution in [0.3, 0.4) is 0 Å². The van der Waals surface area contributed by atoms with E-state index in [4.69, 9.17) is 14.7 Å². The number of hydrogen-bond acceptors (Lipinski definition) is 4. The first-order valence-electron chi connectivity index (χ1n) is 20.7. The van der Waals surface area contributed by atoms with Crippen LogP contribution in [-0.2, 0) is 0 Å². The van der Waals surface area contributed by atoms with E-state index in [-0.39, 0.29) is 6.17 Å². The third-order valence-electron chi connectivity index (χ3n) is 12.4. The number of nitrogens with zero attached hydrogens (tertiary/aromatic N) is 4. The standard InChI is InChI=1S/C55H35N5O/c1-4-15-34(16-5-1)53-56-54(35-17-6-2-7-18-35)58-55(57-53)60-45-25-12-10-21-39(45)40-29-27-36(31-47(40)60)37-28-30-41-42-23-14-24-44-51-43-22-11-13-26-46(43)59(38-19-8-3-9-20-38)48(51)33-50(52(42)44)61-49(41)32-37/h1-33,53H,(H,56,57,58). The number of benzene rings is 9. The minimum absolute atomic E-state index is 0.316. The first-order chi connectivity index (χ1) is 30.2. The molecule has 1 atom stereocenters. The minimum Gasteiger partial charge on any atom is -0.456 e. The van der Waals surface area contributed by atoms with Crippen molar-refractivity contribution < 1.29 is 4.74 Å². The lowest BCUT2D eigenvalue weighted by Gasteiger charge is -2.24. The number of aromatic nitrogens is 2. The van der Waals surface area contributed by atoms with Crippen molar-refractivity contribution in [3.05, 3.63) is 211 Å². The summed E-state index contributed by atoms with van der Waals surface area (Å²) >= 11 is 0. The Morgan fingerprint density at radius 3 is 1.90 bits per heavy atom. The Morgan fingerprint density at radius 2 is 1.08 bits per heavy atom. The van der Waals surface area contributed by atoms with Crippen LogP contribution in [0.4, 0.5) is 0 Å². The van der Waals surface area contributed by atoms with E-state index in [1.807, 2.05) is 24.3 Å². The van der Waals surface area contributed by atoms with Gasteiger partial charge in [0, 0.05) is 49.8 Å². The number of fused-ring (bicyclic) bond motifs is 9. The van der Waals surface area contributed by atoms with Crippen LogP contribution in [0.15, 0.2) is 210 Å². The van der Waals surface area contributed by atoms with Crippen LogP contribution in [-0.4, -0.2) is 20.9 Å². The molecule has 0 amide bonds. The summed E-state index contributed by atoms with van der Waals surface area (Å²) in [5, 5.41) is 10.7.